The summed E-state index contributed by atoms with van der Waals surface area (Å²) in [5, 5.41) is 24.6. The van der Waals surface area contributed by atoms with Gasteiger partial charge in [-0.15, -0.1) is 0 Å². The van der Waals surface area contributed by atoms with E-state index in [-0.39, 0.29) is 12.5 Å². The van der Waals surface area contributed by atoms with Crippen molar-refractivity contribution in [3.63, 3.8) is 0 Å². The van der Waals surface area contributed by atoms with E-state index in [2.05, 4.69) is 27.5 Å². The molecule has 0 heterocycles. The summed E-state index contributed by atoms with van der Waals surface area (Å²) < 4.78 is 5.32. The van der Waals surface area contributed by atoms with Crippen LogP contribution < -0.4 is 20.9 Å². The number of aliphatic hydroxyl groups excluding tert-OH is 1. The number of benzene rings is 3. The molecule has 2 amide bonds. The van der Waals surface area contributed by atoms with Gasteiger partial charge in [0.25, 0.3) is 5.91 Å². The Morgan fingerprint density at radius 3 is 2.18 bits per heavy atom. The zero-order valence-corrected chi connectivity index (χ0v) is 22.1. The van der Waals surface area contributed by atoms with Crippen molar-refractivity contribution in [3.8, 4) is 17.6 Å². The number of amides is 2. The van der Waals surface area contributed by atoms with Gasteiger partial charge in [0.15, 0.2) is 6.04 Å². The fourth-order valence-corrected chi connectivity index (χ4v) is 3.68. The first kappa shape index (κ1) is 29.1. The molecule has 0 radical (unpaired) electrons. The van der Waals surface area contributed by atoms with Crippen LogP contribution in [0.3, 0.4) is 0 Å². The van der Waals surface area contributed by atoms with Crippen molar-refractivity contribution in [1.82, 2.24) is 10.8 Å². The SMILES string of the molecule is COc1ccccc1CNCC(=O)Nc1ccc(C#Cc2ccc(C(C)=N[C@H](C(=O)NO)[C@@H](C)O)cc2)cc1. The van der Waals surface area contributed by atoms with Gasteiger partial charge in [-0.3, -0.25) is 19.8 Å². The highest BCUT2D eigenvalue weighted by molar-refractivity contribution is 6.00. The number of hydrogen-bond acceptors (Lipinski definition) is 7. The first-order chi connectivity index (χ1) is 18.8. The predicted octanol–water partition coefficient (Wildman–Crippen LogP) is 2.89. The Morgan fingerprint density at radius 1 is 0.974 bits per heavy atom. The van der Waals surface area contributed by atoms with E-state index in [1.807, 2.05) is 60.7 Å². The quantitative estimate of drug-likeness (QED) is 0.119. The number of methoxy groups -OCH3 is 1. The van der Waals surface area contributed by atoms with E-state index >= 15 is 0 Å². The number of aliphatic imine (C=N–C) groups is 1. The normalized spacial score (nSPS) is 12.5. The second kappa shape index (κ2) is 14.4. The van der Waals surface area contributed by atoms with Gasteiger partial charge in [0.05, 0.1) is 19.8 Å². The number of nitrogens with zero attached hydrogens (tertiary/aromatic N) is 1. The molecule has 3 aromatic rings. The molecule has 0 bridgehead atoms. The van der Waals surface area contributed by atoms with Gasteiger partial charge in [-0.1, -0.05) is 42.2 Å². The third-order valence-electron chi connectivity index (χ3n) is 5.78. The topological polar surface area (TPSA) is 132 Å². The molecule has 0 fully saturated rings. The summed E-state index contributed by atoms with van der Waals surface area (Å²) in [6, 6.07) is 21.1. The van der Waals surface area contributed by atoms with E-state index in [9.17, 15) is 14.7 Å². The predicted molar refractivity (Wildman–Crippen MR) is 150 cm³/mol. The van der Waals surface area contributed by atoms with Crippen LogP contribution in [-0.2, 0) is 16.1 Å². The van der Waals surface area contributed by atoms with E-state index in [0.29, 0.717) is 17.9 Å². The van der Waals surface area contributed by atoms with Gasteiger partial charge in [-0.05, 0) is 61.9 Å². The van der Waals surface area contributed by atoms with Crippen LogP contribution in [0, 0.1) is 11.8 Å². The second-order valence-electron chi connectivity index (χ2n) is 8.74. The Balaban J connectivity index is 1.53. The van der Waals surface area contributed by atoms with E-state index in [1.54, 1.807) is 26.2 Å². The standard InChI is InChI=1S/C30H32N4O5/c1-20(32-29(21(2)35)30(37)34-38)24-14-10-22(11-15-24)8-9-23-12-16-26(17-13-23)33-28(36)19-31-18-25-6-4-5-7-27(25)39-3/h4-7,10-17,21,29,31,35,38H,18-19H2,1-3H3,(H,33,36)(H,34,37)/t21-,29+/m1/s1. The van der Waals surface area contributed by atoms with Crippen molar-refractivity contribution in [2.45, 2.75) is 32.5 Å². The zero-order chi connectivity index (χ0) is 28.2. The highest BCUT2D eigenvalue weighted by Crippen LogP contribution is 2.16. The third-order valence-corrected chi connectivity index (χ3v) is 5.78. The lowest BCUT2D eigenvalue weighted by Gasteiger charge is -2.14. The van der Waals surface area contributed by atoms with Gasteiger partial charge in [0.1, 0.15) is 5.75 Å². The molecule has 5 N–H and O–H groups in total. The van der Waals surface area contributed by atoms with Crippen LogP contribution in [0.4, 0.5) is 5.69 Å². The fourth-order valence-electron chi connectivity index (χ4n) is 3.68. The molecule has 0 aliphatic heterocycles. The van der Waals surface area contributed by atoms with Gasteiger partial charge in [-0.25, -0.2) is 5.48 Å². The lowest BCUT2D eigenvalue weighted by molar-refractivity contribution is -0.132. The van der Waals surface area contributed by atoms with Crippen molar-refractivity contribution in [1.29, 1.82) is 0 Å². The molecular weight excluding hydrogens is 496 g/mol. The molecular formula is C30H32N4O5. The van der Waals surface area contributed by atoms with Crippen LogP contribution in [0.5, 0.6) is 5.75 Å². The van der Waals surface area contributed by atoms with Crippen molar-refractivity contribution in [2.24, 2.45) is 4.99 Å². The number of rotatable bonds is 10. The summed E-state index contributed by atoms with van der Waals surface area (Å²) >= 11 is 0. The van der Waals surface area contributed by atoms with Crippen LogP contribution in [0.2, 0.25) is 0 Å². The number of ether oxygens (including phenoxy) is 1. The highest BCUT2D eigenvalue weighted by atomic mass is 16.5. The van der Waals surface area contributed by atoms with Gasteiger partial charge in [-0.2, -0.15) is 0 Å². The number of anilines is 1. The number of hydrogen-bond donors (Lipinski definition) is 5. The number of nitrogens with one attached hydrogen (secondary N) is 3. The molecule has 0 spiro atoms. The minimum absolute atomic E-state index is 0.153. The van der Waals surface area contributed by atoms with E-state index in [1.165, 1.54) is 12.4 Å². The van der Waals surface area contributed by atoms with Gasteiger partial charge in [0.2, 0.25) is 5.91 Å². The number of hydroxylamine groups is 1. The number of carbonyl (C=O) groups is 2. The van der Waals surface area contributed by atoms with Crippen molar-refractivity contribution < 1.29 is 24.6 Å². The summed E-state index contributed by atoms with van der Waals surface area (Å²) in [4.78, 5) is 28.2. The van der Waals surface area contributed by atoms with Crippen molar-refractivity contribution >= 4 is 23.2 Å². The molecule has 3 aromatic carbocycles. The Hall–Kier alpha value is -4.49. The average molecular weight is 529 g/mol. The maximum Gasteiger partial charge on any atom is 0.270 e. The molecule has 9 nitrogen and oxygen atoms in total. The summed E-state index contributed by atoms with van der Waals surface area (Å²) in [5.41, 5.74) is 6.05. The molecule has 0 aliphatic carbocycles. The molecule has 202 valence electrons. The first-order valence-corrected chi connectivity index (χ1v) is 12.3. The average Bonchev–Trinajstić information content (AvgIpc) is 2.95. The number of para-hydroxylation sites is 1. The van der Waals surface area contributed by atoms with Gasteiger partial charge in [0, 0.05) is 34.6 Å². The summed E-state index contributed by atoms with van der Waals surface area (Å²) in [6.45, 7) is 3.83. The zero-order valence-electron chi connectivity index (χ0n) is 22.1. The van der Waals surface area contributed by atoms with E-state index in [4.69, 9.17) is 9.94 Å². The molecule has 3 rings (SSSR count). The summed E-state index contributed by atoms with van der Waals surface area (Å²) in [7, 11) is 1.62. The van der Waals surface area contributed by atoms with Crippen molar-refractivity contribution in [3.05, 3.63) is 95.1 Å². The highest BCUT2D eigenvalue weighted by Gasteiger charge is 2.22. The maximum absolute atomic E-state index is 12.3. The minimum atomic E-state index is -1.11. The molecule has 0 aromatic heterocycles. The van der Waals surface area contributed by atoms with E-state index in [0.717, 1.165) is 28.0 Å². The van der Waals surface area contributed by atoms with Gasteiger partial charge >= 0.3 is 0 Å². The van der Waals surface area contributed by atoms with Crippen molar-refractivity contribution in [2.75, 3.05) is 19.0 Å². The largest absolute Gasteiger partial charge is 0.496 e. The fraction of sp³-hybridized carbons (Fsp3) is 0.233. The lowest BCUT2D eigenvalue weighted by atomic mass is 10.1. The van der Waals surface area contributed by atoms with E-state index < -0.39 is 18.1 Å². The lowest BCUT2D eigenvalue weighted by Crippen LogP contribution is -2.38. The summed E-state index contributed by atoms with van der Waals surface area (Å²) in [5.74, 6) is 6.03. The molecule has 0 saturated heterocycles. The van der Waals surface area contributed by atoms with Crippen LogP contribution in [0.1, 0.15) is 36.1 Å². The Morgan fingerprint density at radius 2 is 1.59 bits per heavy atom. The molecule has 2 atom stereocenters. The number of carbonyl (C=O) groups excluding carboxylic acids is 2. The Labute approximate surface area is 227 Å². The maximum atomic E-state index is 12.3. The monoisotopic (exact) mass is 528 g/mol. The first-order valence-electron chi connectivity index (χ1n) is 12.3. The smallest absolute Gasteiger partial charge is 0.270 e. The molecule has 0 aliphatic rings. The van der Waals surface area contributed by atoms with Crippen LogP contribution in [0.15, 0.2) is 77.8 Å². The molecule has 9 heteroatoms. The van der Waals surface area contributed by atoms with Crippen LogP contribution in [-0.4, -0.2) is 53.6 Å². The molecule has 39 heavy (non-hydrogen) atoms. The molecule has 0 unspecified atom stereocenters. The minimum Gasteiger partial charge on any atom is -0.496 e. The number of aliphatic hydroxyl groups is 1. The van der Waals surface area contributed by atoms with Crippen LogP contribution in [0.25, 0.3) is 0 Å². The Kier molecular flexibility index (Phi) is 10.8. The molecule has 0 saturated carbocycles. The van der Waals surface area contributed by atoms with Gasteiger partial charge < -0.3 is 20.5 Å². The second-order valence-corrected chi connectivity index (χ2v) is 8.74. The van der Waals surface area contributed by atoms with Crippen LogP contribution >= 0.6 is 0 Å². The third kappa shape index (κ3) is 8.79. The summed E-state index contributed by atoms with van der Waals surface area (Å²) in [6.07, 6.45) is -1.06. The Bertz CT molecular complexity index is 1360.